The highest BCUT2D eigenvalue weighted by Crippen LogP contribution is 2.25. The second-order valence-corrected chi connectivity index (χ2v) is 7.72. The zero-order valence-corrected chi connectivity index (χ0v) is 17.2. The highest BCUT2D eigenvalue weighted by molar-refractivity contribution is 5.91. The molecule has 0 spiro atoms. The van der Waals surface area contributed by atoms with Crippen LogP contribution in [0.2, 0.25) is 0 Å². The Bertz CT molecular complexity index is 957. The molecule has 30 heavy (non-hydrogen) atoms. The first-order valence-electron chi connectivity index (χ1n) is 10.6. The molecule has 154 valence electrons. The number of piperidine rings is 1. The number of rotatable bonds is 7. The summed E-state index contributed by atoms with van der Waals surface area (Å²) in [5.74, 6) is 0.782. The Hall–Kier alpha value is -3.18. The van der Waals surface area contributed by atoms with Crippen LogP contribution in [-0.4, -0.2) is 40.2 Å². The second-order valence-electron chi connectivity index (χ2n) is 7.72. The highest BCUT2D eigenvalue weighted by atomic mass is 16.1. The van der Waals surface area contributed by atoms with Gasteiger partial charge in [-0.15, -0.1) is 0 Å². The standard InChI is InChI=1S/C25H28N4O/c30-25(20-22-10-5-2-6-11-22)27-24-13-16-26-29(24)23-14-18-28(19-15-23)17-7-12-21-8-3-1-4-9-21/h1-13,16,23H,14-15,17-20H2,(H,27,30)/b12-7+. The number of likely N-dealkylation sites (tertiary alicyclic amines) is 1. The third-order valence-electron chi connectivity index (χ3n) is 5.52. The maximum Gasteiger partial charge on any atom is 0.229 e. The van der Waals surface area contributed by atoms with Crippen LogP contribution < -0.4 is 5.32 Å². The topological polar surface area (TPSA) is 50.2 Å². The first-order valence-corrected chi connectivity index (χ1v) is 10.6. The third kappa shape index (κ3) is 5.45. The van der Waals surface area contributed by atoms with Crippen LogP contribution in [0, 0.1) is 0 Å². The molecule has 1 aliphatic rings. The lowest BCUT2D eigenvalue weighted by atomic mass is 10.1. The van der Waals surface area contributed by atoms with Crippen molar-refractivity contribution in [2.24, 2.45) is 0 Å². The monoisotopic (exact) mass is 400 g/mol. The number of hydrogen-bond acceptors (Lipinski definition) is 3. The number of hydrogen-bond donors (Lipinski definition) is 1. The van der Waals surface area contributed by atoms with Crippen LogP contribution in [-0.2, 0) is 11.2 Å². The van der Waals surface area contributed by atoms with Crippen molar-refractivity contribution in [2.45, 2.75) is 25.3 Å². The molecule has 1 amide bonds. The summed E-state index contributed by atoms with van der Waals surface area (Å²) in [6, 6.07) is 22.4. The van der Waals surface area contributed by atoms with Gasteiger partial charge in [-0.05, 0) is 24.0 Å². The van der Waals surface area contributed by atoms with Crippen LogP contribution in [0.15, 0.2) is 79.0 Å². The van der Waals surface area contributed by atoms with Gasteiger partial charge in [0.25, 0.3) is 0 Å². The number of anilines is 1. The van der Waals surface area contributed by atoms with E-state index < -0.39 is 0 Å². The van der Waals surface area contributed by atoms with E-state index in [9.17, 15) is 4.79 Å². The summed E-state index contributed by atoms with van der Waals surface area (Å²) in [5.41, 5.74) is 2.25. The van der Waals surface area contributed by atoms with Crippen molar-refractivity contribution >= 4 is 17.8 Å². The fraction of sp³-hybridized carbons (Fsp3) is 0.280. The van der Waals surface area contributed by atoms with Crippen LogP contribution in [0.5, 0.6) is 0 Å². The van der Waals surface area contributed by atoms with E-state index in [1.807, 2.05) is 47.1 Å². The molecule has 0 atom stereocenters. The smallest absolute Gasteiger partial charge is 0.229 e. The quantitative estimate of drug-likeness (QED) is 0.639. The molecule has 5 heteroatoms. The lowest BCUT2D eigenvalue weighted by Gasteiger charge is -2.32. The Morgan fingerprint density at radius 3 is 2.43 bits per heavy atom. The molecule has 0 unspecified atom stereocenters. The molecule has 0 saturated carbocycles. The van der Waals surface area contributed by atoms with E-state index in [0.29, 0.717) is 12.5 Å². The second kappa shape index (κ2) is 10.0. The zero-order chi connectivity index (χ0) is 20.6. The molecule has 0 aliphatic carbocycles. The number of aromatic nitrogens is 2. The fourth-order valence-electron chi connectivity index (χ4n) is 3.92. The van der Waals surface area contributed by atoms with E-state index in [0.717, 1.165) is 43.9 Å². The maximum atomic E-state index is 12.4. The van der Waals surface area contributed by atoms with Crippen LogP contribution in [0.25, 0.3) is 6.08 Å². The molecule has 1 fully saturated rings. The van der Waals surface area contributed by atoms with Gasteiger partial charge in [0.15, 0.2) is 0 Å². The van der Waals surface area contributed by atoms with E-state index in [-0.39, 0.29) is 5.91 Å². The van der Waals surface area contributed by atoms with Gasteiger partial charge in [0, 0.05) is 25.7 Å². The first kappa shape index (κ1) is 20.1. The normalized spacial score (nSPS) is 15.5. The highest BCUT2D eigenvalue weighted by Gasteiger charge is 2.22. The lowest BCUT2D eigenvalue weighted by Crippen LogP contribution is -2.35. The van der Waals surface area contributed by atoms with E-state index >= 15 is 0 Å². The zero-order valence-electron chi connectivity index (χ0n) is 17.2. The molecule has 2 heterocycles. The largest absolute Gasteiger partial charge is 0.311 e. The minimum absolute atomic E-state index is 0.00793. The molecule has 1 aromatic heterocycles. The Kier molecular flexibility index (Phi) is 6.72. The Labute approximate surface area is 178 Å². The summed E-state index contributed by atoms with van der Waals surface area (Å²) >= 11 is 0. The molecule has 5 nitrogen and oxygen atoms in total. The molecular weight excluding hydrogens is 372 g/mol. The molecule has 1 N–H and O–H groups in total. The summed E-state index contributed by atoms with van der Waals surface area (Å²) in [7, 11) is 0. The average molecular weight is 401 g/mol. The number of carbonyl (C=O) groups excluding carboxylic acids is 1. The molecule has 2 aromatic carbocycles. The maximum absolute atomic E-state index is 12.4. The van der Waals surface area contributed by atoms with Crippen LogP contribution in [0.4, 0.5) is 5.82 Å². The number of nitrogens with one attached hydrogen (secondary N) is 1. The van der Waals surface area contributed by atoms with Gasteiger partial charge < -0.3 is 5.32 Å². The SMILES string of the molecule is O=C(Cc1ccccc1)Nc1ccnn1C1CCN(C/C=C/c2ccccc2)CC1. The Balaban J connectivity index is 1.27. The summed E-state index contributed by atoms with van der Waals surface area (Å²) in [6.07, 6.45) is 8.62. The van der Waals surface area contributed by atoms with Crippen molar-refractivity contribution in [1.29, 1.82) is 0 Å². The van der Waals surface area contributed by atoms with Gasteiger partial charge >= 0.3 is 0 Å². The van der Waals surface area contributed by atoms with Crippen molar-refractivity contribution in [1.82, 2.24) is 14.7 Å². The molecule has 0 bridgehead atoms. The van der Waals surface area contributed by atoms with E-state index in [1.165, 1.54) is 5.56 Å². The predicted octanol–water partition coefficient (Wildman–Crippen LogP) is 4.41. The van der Waals surface area contributed by atoms with Gasteiger partial charge in [-0.25, -0.2) is 4.68 Å². The van der Waals surface area contributed by atoms with Crippen LogP contribution >= 0.6 is 0 Å². The third-order valence-corrected chi connectivity index (χ3v) is 5.52. The van der Waals surface area contributed by atoms with Crippen molar-refractivity contribution in [3.63, 3.8) is 0 Å². The Morgan fingerprint density at radius 1 is 1.00 bits per heavy atom. The molecular formula is C25H28N4O. The predicted molar refractivity (Wildman–Crippen MR) is 121 cm³/mol. The van der Waals surface area contributed by atoms with E-state index in [4.69, 9.17) is 0 Å². The summed E-state index contributed by atoms with van der Waals surface area (Å²) in [6.45, 7) is 3.02. The van der Waals surface area contributed by atoms with Gasteiger partial charge in [0.1, 0.15) is 5.82 Å². The van der Waals surface area contributed by atoms with Crippen molar-refractivity contribution in [3.8, 4) is 0 Å². The number of amides is 1. The van der Waals surface area contributed by atoms with Gasteiger partial charge in [-0.2, -0.15) is 5.10 Å². The summed E-state index contributed by atoms with van der Waals surface area (Å²) < 4.78 is 1.99. The summed E-state index contributed by atoms with van der Waals surface area (Å²) in [5, 5.41) is 7.53. The van der Waals surface area contributed by atoms with Gasteiger partial charge in [0.2, 0.25) is 5.91 Å². The minimum Gasteiger partial charge on any atom is -0.311 e. The molecule has 3 aromatic rings. The van der Waals surface area contributed by atoms with Crippen LogP contribution in [0.3, 0.4) is 0 Å². The van der Waals surface area contributed by atoms with Crippen molar-refractivity contribution < 1.29 is 4.79 Å². The van der Waals surface area contributed by atoms with Crippen molar-refractivity contribution in [2.75, 3.05) is 25.0 Å². The van der Waals surface area contributed by atoms with Crippen LogP contribution in [0.1, 0.15) is 30.0 Å². The van der Waals surface area contributed by atoms with Gasteiger partial charge in [-0.1, -0.05) is 72.8 Å². The van der Waals surface area contributed by atoms with E-state index in [1.54, 1.807) is 6.20 Å². The fourth-order valence-corrected chi connectivity index (χ4v) is 3.92. The summed E-state index contributed by atoms with van der Waals surface area (Å²) in [4.78, 5) is 14.9. The number of carbonyl (C=O) groups is 1. The number of nitrogens with zero attached hydrogens (tertiary/aromatic N) is 3. The average Bonchev–Trinajstić information content (AvgIpc) is 3.23. The molecule has 1 saturated heterocycles. The van der Waals surface area contributed by atoms with Gasteiger partial charge in [-0.3, -0.25) is 9.69 Å². The molecule has 1 aliphatic heterocycles. The minimum atomic E-state index is -0.00793. The van der Waals surface area contributed by atoms with Gasteiger partial charge in [0.05, 0.1) is 18.7 Å². The lowest BCUT2D eigenvalue weighted by molar-refractivity contribution is -0.115. The van der Waals surface area contributed by atoms with Crippen molar-refractivity contribution in [3.05, 3.63) is 90.1 Å². The molecule has 0 radical (unpaired) electrons. The Morgan fingerprint density at radius 2 is 1.70 bits per heavy atom. The molecule has 4 rings (SSSR count). The first-order chi connectivity index (χ1) is 14.8. The number of benzene rings is 2. The van der Waals surface area contributed by atoms with E-state index in [2.05, 4.69) is 51.7 Å².